The van der Waals surface area contributed by atoms with E-state index in [1.54, 1.807) is 17.8 Å². The van der Waals surface area contributed by atoms with Crippen molar-refractivity contribution in [3.8, 4) is 0 Å². The van der Waals surface area contributed by atoms with Gasteiger partial charge >= 0.3 is 0 Å². The summed E-state index contributed by atoms with van der Waals surface area (Å²) in [6.07, 6.45) is 0.723. The van der Waals surface area contributed by atoms with Crippen LogP contribution >= 0.6 is 23.4 Å². The van der Waals surface area contributed by atoms with E-state index in [0.717, 1.165) is 62.0 Å². The van der Waals surface area contributed by atoms with Gasteiger partial charge in [0.2, 0.25) is 5.91 Å². The van der Waals surface area contributed by atoms with Crippen LogP contribution in [0.3, 0.4) is 0 Å². The van der Waals surface area contributed by atoms with Crippen molar-refractivity contribution in [1.82, 2.24) is 20.2 Å². The Kier molecular flexibility index (Phi) is 8.08. The number of para-hydroxylation sites is 1. The van der Waals surface area contributed by atoms with Crippen molar-refractivity contribution >= 4 is 40.8 Å². The molecule has 178 valence electrons. The highest BCUT2D eigenvalue weighted by Gasteiger charge is 2.31. The number of hydrogen-bond acceptors (Lipinski definition) is 8. The van der Waals surface area contributed by atoms with Gasteiger partial charge in [0, 0.05) is 57.4 Å². The van der Waals surface area contributed by atoms with Crippen LogP contribution in [0.5, 0.6) is 0 Å². The van der Waals surface area contributed by atoms with E-state index in [-0.39, 0.29) is 23.1 Å². The smallest absolute Gasteiger partial charge is 0.238 e. The lowest BCUT2D eigenvalue weighted by Crippen LogP contribution is -2.47. The molecular weight excluding hydrogens is 460 g/mol. The number of carbonyl (C=O) groups excluding carboxylic acids is 1. The fourth-order valence-electron chi connectivity index (χ4n) is 4.21. The second-order valence-corrected chi connectivity index (χ2v) is 10.3. The number of nitrogens with one attached hydrogen (secondary N) is 2. The van der Waals surface area contributed by atoms with Gasteiger partial charge in [-0.15, -0.1) is 11.8 Å². The van der Waals surface area contributed by atoms with E-state index in [1.807, 2.05) is 26.0 Å². The van der Waals surface area contributed by atoms with Gasteiger partial charge in [0.1, 0.15) is 11.6 Å². The first kappa shape index (κ1) is 24.2. The summed E-state index contributed by atoms with van der Waals surface area (Å²) in [5.74, 6) is 1.67. The number of benzene rings is 1. The van der Waals surface area contributed by atoms with Crippen LogP contribution in [0.1, 0.15) is 17.1 Å². The Hall–Kier alpha value is -1.91. The number of thioether (sulfide) groups is 1. The minimum atomic E-state index is -0.187. The number of aromatic nitrogens is 2. The average molecular weight is 491 g/mol. The zero-order chi connectivity index (χ0) is 23.4. The van der Waals surface area contributed by atoms with Crippen LogP contribution in [0, 0.1) is 13.8 Å². The molecule has 3 N–H and O–H groups in total. The molecule has 0 spiro atoms. The number of rotatable bonds is 7. The van der Waals surface area contributed by atoms with Gasteiger partial charge in [-0.05, 0) is 25.5 Å². The van der Waals surface area contributed by atoms with Gasteiger partial charge in [0.15, 0.2) is 0 Å². The number of aryl methyl sites for hydroxylation is 2. The topological polar surface area (TPSA) is 93.6 Å². The molecule has 33 heavy (non-hydrogen) atoms. The quantitative estimate of drug-likeness (QED) is 0.543. The molecule has 10 heteroatoms. The van der Waals surface area contributed by atoms with Gasteiger partial charge in [-0.2, -0.15) is 0 Å². The maximum absolute atomic E-state index is 12.8. The number of carbonyl (C=O) groups is 1. The third-order valence-corrected chi connectivity index (χ3v) is 7.69. The Morgan fingerprint density at radius 2 is 2.06 bits per heavy atom. The van der Waals surface area contributed by atoms with Crippen LogP contribution in [-0.2, 0) is 11.2 Å². The molecule has 0 radical (unpaired) electrons. The monoisotopic (exact) mass is 490 g/mol. The summed E-state index contributed by atoms with van der Waals surface area (Å²) in [7, 11) is 0. The number of aliphatic hydroxyl groups excluding tert-OH is 1. The third kappa shape index (κ3) is 6.16. The number of halogens is 1. The van der Waals surface area contributed by atoms with Crippen molar-refractivity contribution in [3.05, 3.63) is 46.4 Å². The first-order valence-electron chi connectivity index (χ1n) is 11.3. The highest BCUT2D eigenvalue weighted by atomic mass is 35.5. The van der Waals surface area contributed by atoms with Gasteiger partial charge in [-0.3, -0.25) is 9.69 Å². The number of anilines is 2. The molecule has 0 saturated carbocycles. The number of hydrogen-bond donors (Lipinski definition) is 3. The minimum absolute atomic E-state index is 0.0356. The predicted molar refractivity (Wildman–Crippen MR) is 134 cm³/mol. The molecule has 1 aromatic carbocycles. The van der Waals surface area contributed by atoms with Crippen molar-refractivity contribution in [2.45, 2.75) is 30.9 Å². The Morgan fingerprint density at radius 1 is 1.27 bits per heavy atom. The van der Waals surface area contributed by atoms with E-state index in [2.05, 4.69) is 36.5 Å². The molecular formula is C23H31ClN6O2S. The van der Waals surface area contributed by atoms with Crippen molar-refractivity contribution in [3.63, 3.8) is 0 Å². The standard InChI is InChI=1S/C23H31ClN6O2S/c1-15-4-3-5-18(24)22(15)28-23(32)19-14-25-21(33-19)13-17-12-20(27-16(2)26-17)30-8-6-29(7-9-30)10-11-31/h3-5,12,19,21,25,31H,6-11,13-14H2,1-2H3,(H,28,32). The molecule has 4 rings (SSSR count). The molecule has 2 aromatic rings. The zero-order valence-electron chi connectivity index (χ0n) is 19.1. The van der Waals surface area contributed by atoms with Gasteiger partial charge in [0.25, 0.3) is 0 Å². The summed E-state index contributed by atoms with van der Waals surface area (Å²) in [6.45, 7) is 8.98. The normalized spacial score (nSPS) is 21.4. The van der Waals surface area contributed by atoms with Gasteiger partial charge in [-0.1, -0.05) is 23.7 Å². The van der Waals surface area contributed by atoms with Crippen LogP contribution in [0.25, 0.3) is 0 Å². The Bertz CT molecular complexity index is 965. The van der Waals surface area contributed by atoms with E-state index in [1.165, 1.54) is 0 Å². The summed E-state index contributed by atoms with van der Waals surface area (Å²) in [5.41, 5.74) is 2.61. The average Bonchev–Trinajstić information content (AvgIpc) is 3.25. The highest BCUT2D eigenvalue weighted by Crippen LogP contribution is 2.30. The lowest BCUT2D eigenvalue weighted by molar-refractivity contribution is -0.115. The van der Waals surface area contributed by atoms with Crippen molar-refractivity contribution in [1.29, 1.82) is 0 Å². The number of piperazine rings is 1. The molecule has 2 aliphatic heterocycles. The van der Waals surface area contributed by atoms with E-state index < -0.39 is 0 Å². The van der Waals surface area contributed by atoms with Gasteiger partial charge < -0.3 is 20.6 Å². The van der Waals surface area contributed by atoms with Crippen LogP contribution in [-0.4, -0.2) is 82.4 Å². The van der Waals surface area contributed by atoms with Crippen LogP contribution in [0.2, 0.25) is 5.02 Å². The summed E-state index contributed by atoms with van der Waals surface area (Å²) < 4.78 is 0. The molecule has 1 aromatic heterocycles. The Labute approximate surface area is 204 Å². The lowest BCUT2D eigenvalue weighted by atomic mass is 10.2. The molecule has 2 unspecified atom stereocenters. The van der Waals surface area contributed by atoms with Crippen molar-refractivity contribution in [2.24, 2.45) is 0 Å². The van der Waals surface area contributed by atoms with Crippen molar-refractivity contribution in [2.75, 3.05) is 56.1 Å². The van der Waals surface area contributed by atoms with E-state index in [0.29, 0.717) is 17.3 Å². The fraction of sp³-hybridized carbons (Fsp3) is 0.522. The predicted octanol–water partition coefficient (Wildman–Crippen LogP) is 2.07. The molecule has 2 atom stereocenters. The maximum Gasteiger partial charge on any atom is 0.238 e. The van der Waals surface area contributed by atoms with Crippen LogP contribution in [0.15, 0.2) is 24.3 Å². The summed E-state index contributed by atoms with van der Waals surface area (Å²) >= 11 is 7.89. The van der Waals surface area contributed by atoms with E-state index >= 15 is 0 Å². The Morgan fingerprint density at radius 3 is 2.79 bits per heavy atom. The van der Waals surface area contributed by atoms with Gasteiger partial charge in [-0.25, -0.2) is 9.97 Å². The minimum Gasteiger partial charge on any atom is -0.395 e. The second kappa shape index (κ2) is 11.0. The maximum atomic E-state index is 12.8. The molecule has 0 bridgehead atoms. The lowest BCUT2D eigenvalue weighted by Gasteiger charge is -2.35. The number of amides is 1. The SMILES string of the molecule is Cc1nc(CC2NCC(C(=O)Nc3c(C)cccc3Cl)S2)cc(N2CCN(CCO)CC2)n1. The van der Waals surface area contributed by atoms with Crippen LogP contribution < -0.4 is 15.5 Å². The van der Waals surface area contributed by atoms with Crippen LogP contribution in [0.4, 0.5) is 11.5 Å². The largest absolute Gasteiger partial charge is 0.395 e. The highest BCUT2D eigenvalue weighted by molar-refractivity contribution is 8.01. The summed E-state index contributed by atoms with van der Waals surface area (Å²) in [5, 5.41) is 16.1. The number of aliphatic hydroxyl groups is 1. The second-order valence-electron chi connectivity index (χ2n) is 8.46. The molecule has 3 heterocycles. The summed E-state index contributed by atoms with van der Waals surface area (Å²) in [6, 6.07) is 7.67. The molecule has 1 amide bonds. The van der Waals surface area contributed by atoms with Crippen molar-refractivity contribution < 1.29 is 9.90 Å². The molecule has 2 fully saturated rings. The fourth-order valence-corrected chi connectivity index (χ4v) is 5.71. The van der Waals surface area contributed by atoms with Gasteiger partial charge in [0.05, 0.1) is 27.9 Å². The third-order valence-electron chi connectivity index (χ3n) is 6.01. The molecule has 0 aliphatic carbocycles. The molecule has 2 aliphatic rings. The Balaban J connectivity index is 1.35. The first-order valence-corrected chi connectivity index (χ1v) is 12.6. The zero-order valence-corrected chi connectivity index (χ0v) is 20.6. The number of nitrogens with zero attached hydrogens (tertiary/aromatic N) is 4. The summed E-state index contributed by atoms with van der Waals surface area (Å²) in [4.78, 5) is 26.7. The van der Waals surface area contributed by atoms with E-state index in [4.69, 9.17) is 16.7 Å². The van der Waals surface area contributed by atoms with E-state index in [9.17, 15) is 4.79 Å². The number of β-amino-alcohol motifs (C(OH)–C–C–N with tert-alkyl or cyclic N) is 1. The molecule has 2 saturated heterocycles. The molecule has 8 nitrogen and oxygen atoms in total. The first-order chi connectivity index (χ1) is 15.9.